The Morgan fingerprint density at radius 3 is 2.17 bits per heavy atom. The van der Waals surface area contributed by atoms with Gasteiger partial charge in [0.1, 0.15) is 5.75 Å². The highest BCUT2D eigenvalue weighted by Gasteiger charge is 2.19. The predicted molar refractivity (Wildman–Crippen MR) is 87.4 cm³/mol. The Morgan fingerprint density at radius 2 is 1.57 bits per heavy atom. The van der Waals surface area contributed by atoms with Crippen LogP contribution in [0.5, 0.6) is 23.0 Å². The van der Waals surface area contributed by atoms with E-state index in [9.17, 15) is 4.79 Å². The summed E-state index contributed by atoms with van der Waals surface area (Å²) in [6.45, 7) is 3.41. The van der Waals surface area contributed by atoms with Crippen molar-refractivity contribution in [3.05, 3.63) is 49.1 Å². The second kappa shape index (κ2) is 7.35. The second-order valence-corrected chi connectivity index (χ2v) is 4.50. The summed E-state index contributed by atoms with van der Waals surface area (Å²) in [5.74, 6) is 1.39. The summed E-state index contributed by atoms with van der Waals surface area (Å²) in [6, 6.07) is 10.7. The van der Waals surface area contributed by atoms with Gasteiger partial charge in [-0.2, -0.15) is 0 Å². The van der Waals surface area contributed by atoms with Gasteiger partial charge in [0.15, 0.2) is 11.5 Å². The Balaban J connectivity index is 2.63. The Hall–Kier alpha value is -2.95. The van der Waals surface area contributed by atoms with Crippen LogP contribution in [-0.2, 0) is 4.79 Å². The fourth-order valence-electron chi connectivity index (χ4n) is 2.24. The summed E-state index contributed by atoms with van der Waals surface area (Å²) in [5.41, 5.74) is 1.41. The lowest BCUT2D eigenvalue weighted by Gasteiger charge is -2.17. The first-order valence-electron chi connectivity index (χ1n) is 6.88. The smallest absolute Gasteiger partial charge is 0.335 e. The minimum atomic E-state index is -0.531. The largest absolute Gasteiger partial charge is 0.493 e. The van der Waals surface area contributed by atoms with Gasteiger partial charge < -0.3 is 18.9 Å². The standard InChI is InChI=1S/C18H18O5/c1-5-16(19)23-14-9-7-6-8-12(14)13-10-11-15(20-2)18(22-4)17(13)21-3/h5-11H,1H2,2-4H3. The first kappa shape index (κ1) is 16.4. The van der Waals surface area contributed by atoms with Crippen LogP contribution >= 0.6 is 0 Å². The van der Waals surface area contributed by atoms with Crippen LogP contribution in [0.4, 0.5) is 0 Å². The van der Waals surface area contributed by atoms with Crippen LogP contribution < -0.4 is 18.9 Å². The van der Waals surface area contributed by atoms with Crippen LogP contribution in [0.25, 0.3) is 11.1 Å². The number of benzene rings is 2. The number of ether oxygens (including phenoxy) is 4. The Labute approximate surface area is 135 Å². The van der Waals surface area contributed by atoms with E-state index in [1.807, 2.05) is 18.2 Å². The molecule has 5 heteroatoms. The summed E-state index contributed by atoms with van der Waals surface area (Å²) in [7, 11) is 4.63. The molecule has 0 unspecified atom stereocenters. The number of esters is 1. The lowest BCUT2D eigenvalue weighted by atomic mass is 10.0. The zero-order chi connectivity index (χ0) is 16.8. The van der Waals surface area contributed by atoms with Gasteiger partial charge >= 0.3 is 5.97 Å². The molecule has 0 aliphatic heterocycles. The molecule has 0 aromatic heterocycles. The number of carbonyl (C=O) groups is 1. The van der Waals surface area contributed by atoms with Crippen molar-refractivity contribution in [2.45, 2.75) is 0 Å². The molecule has 120 valence electrons. The maximum atomic E-state index is 11.5. The number of hydrogen-bond donors (Lipinski definition) is 0. The minimum absolute atomic E-state index is 0.405. The molecule has 0 amide bonds. The number of hydrogen-bond acceptors (Lipinski definition) is 5. The van der Waals surface area contributed by atoms with Crippen molar-refractivity contribution in [3.8, 4) is 34.1 Å². The van der Waals surface area contributed by atoms with Crippen molar-refractivity contribution in [1.29, 1.82) is 0 Å². The quantitative estimate of drug-likeness (QED) is 0.464. The molecule has 0 fully saturated rings. The van der Waals surface area contributed by atoms with E-state index in [0.29, 0.717) is 28.6 Å². The first-order valence-corrected chi connectivity index (χ1v) is 6.88. The molecule has 0 atom stereocenters. The number of methoxy groups -OCH3 is 3. The monoisotopic (exact) mass is 314 g/mol. The van der Waals surface area contributed by atoms with E-state index in [1.54, 1.807) is 32.4 Å². The lowest BCUT2D eigenvalue weighted by molar-refractivity contribution is -0.128. The number of carbonyl (C=O) groups excluding carboxylic acids is 1. The summed E-state index contributed by atoms with van der Waals surface area (Å²) in [5, 5.41) is 0. The molecular weight excluding hydrogens is 296 g/mol. The van der Waals surface area contributed by atoms with Gasteiger partial charge in [-0.3, -0.25) is 0 Å². The molecule has 0 bridgehead atoms. The molecule has 0 heterocycles. The summed E-state index contributed by atoms with van der Waals surface area (Å²) in [6.07, 6.45) is 1.11. The van der Waals surface area contributed by atoms with Crippen molar-refractivity contribution >= 4 is 5.97 Å². The second-order valence-electron chi connectivity index (χ2n) is 4.50. The molecular formula is C18H18O5. The third kappa shape index (κ3) is 3.29. The van der Waals surface area contributed by atoms with Crippen LogP contribution in [-0.4, -0.2) is 27.3 Å². The Bertz CT molecular complexity index is 721. The molecule has 0 spiro atoms. The van der Waals surface area contributed by atoms with Gasteiger partial charge in [-0.15, -0.1) is 0 Å². The molecule has 5 nitrogen and oxygen atoms in total. The molecule has 0 saturated carbocycles. The topological polar surface area (TPSA) is 54.0 Å². The van der Waals surface area contributed by atoms with E-state index in [0.717, 1.165) is 11.6 Å². The van der Waals surface area contributed by atoms with E-state index in [2.05, 4.69) is 6.58 Å². The molecule has 2 aromatic carbocycles. The van der Waals surface area contributed by atoms with Crippen molar-refractivity contribution in [2.75, 3.05) is 21.3 Å². The van der Waals surface area contributed by atoms with E-state index in [4.69, 9.17) is 18.9 Å². The summed E-state index contributed by atoms with van der Waals surface area (Å²) in [4.78, 5) is 11.5. The Kier molecular flexibility index (Phi) is 5.25. The Morgan fingerprint density at radius 1 is 0.870 bits per heavy atom. The highest BCUT2D eigenvalue weighted by molar-refractivity contribution is 5.87. The predicted octanol–water partition coefficient (Wildman–Crippen LogP) is 3.47. The summed E-state index contributed by atoms with van der Waals surface area (Å²) >= 11 is 0. The molecule has 2 aromatic rings. The third-order valence-corrected chi connectivity index (χ3v) is 3.26. The SMILES string of the molecule is C=CC(=O)Oc1ccccc1-c1ccc(OC)c(OC)c1OC. The lowest BCUT2D eigenvalue weighted by Crippen LogP contribution is -2.04. The van der Waals surface area contributed by atoms with Crippen LogP contribution in [0.2, 0.25) is 0 Å². The van der Waals surface area contributed by atoms with E-state index < -0.39 is 5.97 Å². The molecule has 0 radical (unpaired) electrons. The van der Waals surface area contributed by atoms with Crippen LogP contribution in [0.3, 0.4) is 0 Å². The van der Waals surface area contributed by atoms with Gasteiger partial charge in [0.2, 0.25) is 5.75 Å². The fourth-order valence-corrected chi connectivity index (χ4v) is 2.24. The minimum Gasteiger partial charge on any atom is -0.493 e. The van der Waals surface area contributed by atoms with Gasteiger partial charge in [-0.05, 0) is 18.2 Å². The van der Waals surface area contributed by atoms with E-state index >= 15 is 0 Å². The zero-order valence-electron chi connectivity index (χ0n) is 13.3. The molecule has 0 N–H and O–H groups in total. The van der Waals surface area contributed by atoms with Crippen molar-refractivity contribution < 1.29 is 23.7 Å². The maximum Gasteiger partial charge on any atom is 0.335 e. The number of rotatable bonds is 6. The van der Waals surface area contributed by atoms with Crippen LogP contribution in [0.15, 0.2) is 49.1 Å². The average molecular weight is 314 g/mol. The third-order valence-electron chi connectivity index (χ3n) is 3.26. The van der Waals surface area contributed by atoms with Crippen molar-refractivity contribution in [2.24, 2.45) is 0 Å². The van der Waals surface area contributed by atoms with E-state index in [-0.39, 0.29) is 0 Å². The molecule has 23 heavy (non-hydrogen) atoms. The van der Waals surface area contributed by atoms with Gasteiger partial charge in [-0.25, -0.2) is 4.79 Å². The van der Waals surface area contributed by atoms with Gasteiger partial charge in [0, 0.05) is 17.2 Å². The van der Waals surface area contributed by atoms with Gasteiger partial charge in [0.25, 0.3) is 0 Å². The normalized spacial score (nSPS) is 9.87. The van der Waals surface area contributed by atoms with Gasteiger partial charge in [-0.1, -0.05) is 24.8 Å². The first-order chi connectivity index (χ1) is 11.2. The van der Waals surface area contributed by atoms with Crippen molar-refractivity contribution in [1.82, 2.24) is 0 Å². The number of para-hydroxylation sites is 1. The molecule has 0 aliphatic carbocycles. The fraction of sp³-hybridized carbons (Fsp3) is 0.167. The highest BCUT2D eigenvalue weighted by atomic mass is 16.5. The van der Waals surface area contributed by atoms with Crippen molar-refractivity contribution in [3.63, 3.8) is 0 Å². The molecule has 0 aliphatic rings. The molecule has 2 rings (SSSR count). The van der Waals surface area contributed by atoms with Crippen LogP contribution in [0, 0.1) is 0 Å². The van der Waals surface area contributed by atoms with E-state index in [1.165, 1.54) is 7.11 Å². The maximum absolute atomic E-state index is 11.5. The summed E-state index contributed by atoms with van der Waals surface area (Å²) < 4.78 is 21.4. The zero-order valence-corrected chi connectivity index (χ0v) is 13.3. The van der Waals surface area contributed by atoms with Crippen LogP contribution in [0.1, 0.15) is 0 Å². The molecule has 0 saturated heterocycles. The highest BCUT2D eigenvalue weighted by Crippen LogP contribution is 2.46. The van der Waals surface area contributed by atoms with Gasteiger partial charge in [0.05, 0.1) is 21.3 Å². The average Bonchev–Trinajstić information content (AvgIpc) is 2.60.